The molecule has 6 heterocycles. The van der Waals surface area contributed by atoms with Gasteiger partial charge in [-0.05, 0) is 31.4 Å². The summed E-state index contributed by atoms with van der Waals surface area (Å²) in [5.41, 5.74) is -0.751. The van der Waals surface area contributed by atoms with Crippen molar-refractivity contribution in [3.05, 3.63) is 88.4 Å². The summed E-state index contributed by atoms with van der Waals surface area (Å²) < 4.78 is 51.2. The number of carbonyl (C=O) groups is 1. The molecule has 0 spiro atoms. The highest BCUT2D eigenvalue weighted by molar-refractivity contribution is 7.89. The third-order valence-electron chi connectivity index (χ3n) is 8.46. The van der Waals surface area contributed by atoms with Crippen LogP contribution in [0.3, 0.4) is 0 Å². The average molecular weight is 635 g/mol. The van der Waals surface area contributed by atoms with Crippen molar-refractivity contribution in [1.82, 2.24) is 19.0 Å². The maximum absolute atomic E-state index is 14.5. The van der Waals surface area contributed by atoms with Crippen molar-refractivity contribution in [3.8, 4) is 17.4 Å². The van der Waals surface area contributed by atoms with Gasteiger partial charge in [0.25, 0.3) is 5.91 Å². The molecule has 3 aliphatic heterocycles. The predicted molar refractivity (Wildman–Crippen MR) is 156 cm³/mol. The summed E-state index contributed by atoms with van der Waals surface area (Å²) in [5.74, 6) is -1.29. The van der Waals surface area contributed by atoms with E-state index < -0.39 is 39.6 Å². The quantitative estimate of drug-likeness (QED) is 0.290. The highest BCUT2D eigenvalue weighted by Gasteiger charge is 2.62. The van der Waals surface area contributed by atoms with Crippen LogP contribution in [0, 0.1) is 17.3 Å². The minimum Gasteiger partial charge on any atom is -0.382 e. The highest BCUT2D eigenvalue weighted by Crippen LogP contribution is 2.53. The maximum atomic E-state index is 14.5. The van der Waals surface area contributed by atoms with Gasteiger partial charge in [-0.2, -0.15) is 14.0 Å². The fourth-order valence-electron chi connectivity index (χ4n) is 6.62. The summed E-state index contributed by atoms with van der Waals surface area (Å²) in [4.78, 5) is 16.7. The van der Waals surface area contributed by atoms with Crippen LogP contribution in [0.15, 0.2) is 64.0 Å². The number of halogens is 2. The van der Waals surface area contributed by atoms with Crippen LogP contribution in [0.1, 0.15) is 53.3 Å². The molecule has 7 rings (SSSR count). The second-order valence-electron chi connectivity index (χ2n) is 11.0. The molecule has 2 unspecified atom stereocenters. The molecule has 0 radical (unpaired) electrons. The van der Waals surface area contributed by atoms with Crippen LogP contribution in [0.5, 0.6) is 0 Å². The van der Waals surface area contributed by atoms with Crippen LogP contribution >= 0.6 is 11.6 Å². The summed E-state index contributed by atoms with van der Waals surface area (Å²) in [6.45, 7) is 0.274. The summed E-state index contributed by atoms with van der Waals surface area (Å²) >= 11 is 6.76. The molecule has 224 valence electrons. The fourth-order valence-corrected chi connectivity index (χ4v) is 9.36. The van der Waals surface area contributed by atoms with E-state index in [1.807, 2.05) is 30.3 Å². The number of aromatic nitrogens is 3. The number of anilines is 1. The van der Waals surface area contributed by atoms with E-state index in [-0.39, 0.29) is 51.3 Å². The van der Waals surface area contributed by atoms with Gasteiger partial charge in [0.1, 0.15) is 33.6 Å². The van der Waals surface area contributed by atoms with E-state index in [0.717, 1.165) is 11.6 Å². The van der Waals surface area contributed by atoms with Crippen LogP contribution in [-0.2, 0) is 22.2 Å². The maximum Gasteiger partial charge on any atom is 0.273 e. The molecule has 2 saturated heterocycles. The van der Waals surface area contributed by atoms with Crippen molar-refractivity contribution in [2.45, 2.75) is 54.8 Å². The number of benzene rings is 1. The number of hydrogen-bond acceptors (Lipinski definition) is 8. The first-order valence-corrected chi connectivity index (χ1v) is 15.7. The molecule has 3 aromatic heterocycles. The number of nitrogens with zero attached hydrogens (tertiary/aromatic N) is 5. The van der Waals surface area contributed by atoms with Crippen LogP contribution in [0.4, 0.5) is 10.1 Å². The zero-order valence-electron chi connectivity index (χ0n) is 22.9. The molecule has 2 N–H and O–H groups in total. The Balaban J connectivity index is 1.26. The van der Waals surface area contributed by atoms with Crippen molar-refractivity contribution in [1.29, 1.82) is 5.26 Å². The molecule has 0 aliphatic carbocycles. The van der Waals surface area contributed by atoms with Crippen LogP contribution in [0.2, 0.25) is 5.02 Å². The first kappa shape index (κ1) is 28.4. The summed E-state index contributed by atoms with van der Waals surface area (Å²) in [6, 6.07) is 13.4. The molecule has 3 atom stereocenters. The molecule has 3 aliphatic rings. The Morgan fingerprint density at radius 1 is 1.23 bits per heavy atom. The second kappa shape index (κ2) is 10.4. The standard InChI is InChI=1S/C30H24ClFN6O5S/c31-26-27(29(39)35-18-12-19(16-33)34-25(32)13-18)37-11-5-4-8-21(37)28(26)44(41,42)38-20-9-10-24(38)30(40,15-20)23-14-22(43-36-23)17-6-2-1-3-7-17/h1-4,6-8,12-14,20,24,40H,5,9-11,15H2,(H,34,35,39)/t20?,24?,30-/m0/s1. The first-order chi connectivity index (χ1) is 21.1. The van der Waals surface area contributed by atoms with Crippen molar-refractivity contribution in [2.75, 3.05) is 5.32 Å². The lowest BCUT2D eigenvalue weighted by Crippen LogP contribution is -2.43. The number of carbonyl (C=O) groups excluding carboxylic acids is 1. The van der Waals surface area contributed by atoms with E-state index >= 15 is 0 Å². The Bertz CT molecular complexity index is 2000. The normalized spacial score (nSPS) is 22.6. The van der Waals surface area contributed by atoms with E-state index in [4.69, 9.17) is 21.4 Å². The third-order valence-corrected chi connectivity index (χ3v) is 11.0. The van der Waals surface area contributed by atoms with E-state index in [9.17, 15) is 22.7 Å². The van der Waals surface area contributed by atoms with Gasteiger partial charge in [0.05, 0.1) is 16.8 Å². The minimum atomic E-state index is -4.36. The average Bonchev–Trinajstić information content (AvgIpc) is 3.78. The predicted octanol–water partition coefficient (Wildman–Crippen LogP) is 4.68. The molecular formula is C30H24ClFN6O5S. The highest BCUT2D eigenvalue weighted by atomic mass is 35.5. The lowest BCUT2D eigenvalue weighted by molar-refractivity contribution is -0.00144. The number of nitrogens with one attached hydrogen (secondary N) is 1. The number of sulfonamides is 1. The van der Waals surface area contributed by atoms with Crippen molar-refractivity contribution in [3.63, 3.8) is 0 Å². The molecule has 11 nitrogen and oxygen atoms in total. The molecule has 0 saturated carbocycles. The molecule has 2 bridgehead atoms. The Morgan fingerprint density at radius 3 is 2.80 bits per heavy atom. The summed E-state index contributed by atoms with van der Waals surface area (Å²) in [5, 5.41) is 27.4. The van der Waals surface area contributed by atoms with Crippen LogP contribution in [-0.4, -0.2) is 50.5 Å². The minimum absolute atomic E-state index is 0.0356. The van der Waals surface area contributed by atoms with Gasteiger partial charge < -0.3 is 19.5 Å². The van der Waals surface area contributed by atoms with Crippen molar-refractivity contribution >= 4 is 39.3 Å². The molecule has 4 aromatic rings. The molecule has 1 aromatic carbocycles. The summed E-state index contributed by atoms with van der Waals surface area (Å²) in [6.07, 6.45) is 4.95. The number of amides is 1. The van der Waals surface area contributed by atoms with Crippen molar-refractivity contribution < 1.29 is 27.2 Å². The molecular weight excluding hydrogens is 611 g/mol. The Morgan fingerprint density at radius 2 is 2.02 bits per heavy atom. The number of fused-ring (bicyclic) bond motifs is 3. The van der Waals surface area contributed by atoms with Gasteiger partial charge in [-0.25, -0.2) is 13.4 Å². The smallest absolute Gasteiger partial charge is 0.273 e. The van der Waals surface area contributed by atoms with Gasteiger partial charge in [-0.15, -0.1) is 0 Å². The lowest BCUT2D eigenvalue weighted by Gasteiger charge is -2.30. The third kappa shape index (κ3) is 4.36. The Hall–Kier alpha value is -4.35. The van der Waals surface area contributed by atoms with Gasteiger partial charge in [0.2, 0.25) is 16.0 Å². The van der Waals surface area contributed by atoms with E-state index in [2.05, 4.69) is 15.5 Å². The zero-order chi connectivity index (χ0) is 30.8. The number of aliphatic hydroxyl groups is 1. The van der Waals surface area contributed by atoms with Gasteiger partial charge in [0.15, 0.2) is 5.76 Å². The largest absolute Gasteiger partial charge is 0.382 e. The van der Waals surface area contributed by atoms with Gasteiger partial charge in [-0.3, -0.25) is 4.79 Å². The number of allylic oxidation sites excluding steroid dienone is 1. The lowest BCUT2D eigenvalue weighted by atomic mass is 9.82. The topological polar surface area (TPSA) is 154 Å². The monoisotopic (exact) mass is 634 g/mol. The fraction of sp³-hybridized carbons (Fsp3) is 0.267. The number of nitriles is 1. The summed E-state index contributed by atoms with van der Waals surface area (Å²) in [7, 11) is -4.36. The zero-order valence-corrected chi connectivity index (χ0v) is 24.5. The Labute approximate surface area is 256 Å². The van der Waals surface area contributed by atoms with Gasteiger partial charge in [-0.1, -0.05) is 53.2 Å². The van der Waals surface area contributed by atoms with Crippen molar-refractivity contribution in [2.24, 2.45) is 0 Å². The first-order valence-electron chi connectivity index (χ1n) is 13.9. The Kier molecular flexibility index (Phi) is 6.71. The molecule has 44 heavy (non-hydrogen) atoms. The van der Waals surface area contributed by atoms with E-state index in [0.29, 0.717) is 25.0 Å². The van der Waals surface area contributed by atoms with Gasteiger partial charge in [0, 0.05) is 42.4 Å². The molecule has 2 fully saturated rings. The van der Waals surface area contributed by atoms with E-state index in [1.54, 1.807) is 24.3 Å². The van der Waals surface area contributed by atoms with Crippen LogP contribution < -0.4 is 5.32 Å². The van der Waals surface area contributed by atoms with Crippen LogP contribution in [0.25, 0.3) is 17.4 Å². The SMILES string of the molecule is N#Cc1cc(NC(=O)c2c(Cl)c(S(=O)(=O)N3C4CCC3[C@@](O)(c3cc(-c5ccccc5)on3)C4)c3n2CCC=C3)cc(F)n1. The number of rotatable bonds is 6. The second-order valence-corrected chi connectivity index (χ2v) is 13.2. The molecule has 1 amide bonds. The van der Waals surface area contributed by atoms with E-state index in [1.165, 1.54) is 14.9 Å². The number of pyridine rings is 1. The number of hydrogen-bond donors (Lipinski definition) is 2. The molecule has 14 heteroatoms. The van der Waals surface area contributed by atoms with Gasteiger partial charge >= 0.3 is 0 Å².